The van der Waals surface area contributed by atoms with Gasteiger partial charge in [-0.3, -0.25) is 4.79 Å². The number of piperidine rings is 1. The topological polar surface area (TPSA) is 46.3 Å². The highest BCUT2D eigenvalue weighted by atomic mass is 19.4. The Morgan fingerprint density at radius 3 is 2.50 bits per heavy atom. The molecule has 1 aliphatic heterocycles. The van der Waals surface area contributed by atoms with E-state index in [1.54, 1.807) is 6.92 Å². The molecule has 82 valence electrons. The molecule has 1 aliphatic rings. The van der Waals surface area contributed by atoms with Crippen molar-refractivity contribution in [3.05, 3.63) is 0 Å². The third-order valence-electron chi connectivity index (χ3n) is 2.42. The number of rotatable bonds is 0. The molecule has 1 saturated heterocycles. The number of carbonyl (C=O) groups is 1. The molecule has 1 rings (SSSR count). The summed E-state index contributed by atoms with van der Waals surface area (Å²) in [6.07, 6.45) is -3.90. The zero-order valence-corrected chi connectivity index (χ0v) is 7.84. The van der Waals surface area contributed by atoms with E-state index in [9.17, 15) is 18.0 Å². The second kappa shape index (κ2) is 3.76. The van der Waals surface area contributed by atoms with Gasteiger partial charge >= 0.3 is 12.1 Å². The molecular formula is C8H13F3N2O. The number of nitrogens with two attached hydrogens (primary N) is 1. The Bertz CT molecular complexity index is 229. The van der Waals surface area contributed by atoms with Crippen LogP contribution in [0.1, 0.15) is 19.8 Å². The van der Waals surface area contributed by atoms with Crippen molar-refractivity contribution in [1.82, 2.24) is 4.90 Å². The minimum Gasteiger partial charge on any atom is -0.332 e. The first-order valence-electron chi connectivity index (χ1n) is 4.45. The summed E-state index contributed by atoms with van der Waals surface area (Å²) in [5.74, 6) is -1.75. The Labute approximate surface area is 80.0 Å². The van der Waals surface area contributed by atoms with Crippen LogP contribution in [0.15, 0.2) is 0 Å². The lowest BCUT2D eigenvalue weighted by molar-refractivity contribution is -0.188. The van der Waals surface area contributed by atoms with Crippen LogP contribution in [-0.4, -0.2) is 35.6 Å². The number of alkyl halides is 3. The van der Waals surface area contributed by atoms with Gasteiger partial charge in [0.25, 0.3) is 0 Å². The van der Waals surface area contributed by atoms with Crippen molar-refractivity contribution in [2.75, 3.05) is 6.54 Å². The van der Waals surface area contributed by atoms with Crippen LogP contribution >= 0.6 is 0 Å². The van der Waals surface area contributed by atoms with E-state index in [1.807, 2.05) is 0 Å². The highest BCUT2D eigenvalue weighted by molar-refractivity contribution is 5.82. The number of hydrogen-bond acceptors (Lipinski definition) is 2. The fraction of sp³-hybridized carbons (Fsp3) is 0.875. The Balaban J connectivity index is 2.65. The van der Waals surface area contributed by atoms with Crippen molar-refractivity contribution in [1.29, 1.82) is 0 Å². The third kappa shape index (κ3) is 2.37. The number of carbonyl (C=O) groups excluding carboxylic acids is 1. The molecule has 0 aliphatic carbocycles. The first-order chi connectivity index (χ1) is 6.32. The summed E-state index contributed by atoms with van der Waals surface area (Å²) in [6.45, 7) is 1.68. The maximum atomic E-state index is 12.1. The molecule has 14 heavy (non-hydrogen) atoms. The molecule has 0 aromatic rings. The van der Waals surface area contributed by atoms with Crippen LogP contribution in [0.2, 0.25) is 0 Å². The average molecular weight is 210 g/mol. The Hall–Kier alpha value is -0.780. The first kappa shape index (κ1) is 11.3. The lowest BCUT2D eigenvalue weighted by Crippen LogP contribution is -2.52. The van der Waals surface area contributed by atoms with E-state index in [-0.39, 0.29) is 12.6 Å². The molecular weight excluding hydrogens is 197 g/mol. The summed E-state index contributed by atoms with van der Waals surface area (Å²) in [4.78, 5) is 11.7. The van der Waals surface area contributed by atoms with E-state index in [1.165, 1.54) is 0 Å². The maximum Gasteiger partial charge on any atom is 0.471 e. The van der Waals surface area contributed by atoms with Gasteiger partial charge in [-0.15, -0.1) is 0 Å². The monoisotopic (exact) mass is 210 g/mol. The number of nitrogens with zero attached hydrogens (tertiary/aromatic N) is 1. The second-order valence-electron chi connectivity index (χ2n) is 3.63. The fourth-order valence-corrected chi connectivity index (χ4v) is 1.67. The summed E-state index contributed by atoms with van der Waals surface area (Å²) in [5.41, 5.74) is 5.58. The Morgan fingerprint density at radius 1 is 1.50 bits per heavy atom. The Kier molecular flexibility index (Phi) is 3.04. The molecule has 0 spiro atoms. The standard InChI is InChI=1S/C8H13F3N2O/c1-5-4-6(12)2-3-13(5)7(14)8(9,10)11/h5-6H,2-4,12H2,1H3. The molecule has 0 radical (unpaired) electrons. The van der Waals surface area contributed by atoms with E-state index in [4.69, 9.17) is 5.73 Å². The van der Waals surface area contributed by atoms with Crippen LogP contribution in [0.25, 0.3) is 0 Å². The summed E-state index contributed by atoms with van der Waals surface area (Å²) in [5, 5.41) is 0. The van der Waals surface area contributed by atoms with E-state index < -0.39 is 18.1 Å². The van der Waals surface area contributed by atoms with Gasteiger partial charge in [0.2, 0.25) is 0 Å². The molecule has 0 aromatic carbocycles. The Morgan fingerprint density at radius 2 is 2.07 bits per heavy atom. The second-order valence-corrected chi connectivity index (χ2v) is 3.63. The van der Waals surface area contributed by atoms with Crippen molar-refractivity contribution in [2.45, 2.75) is 38.0 Å². The van der Waals surface area contributed by atoms with Gasteiger partial charge in [0.1, 0.15) is 0 Å². The van der Waals surface area contributed by atoms with Crippen molar-refractivity contribution in [3.63, 3.8) is 0 Å². The quantitative estimate of drug-likeness (QED) is 0.645. The number of hydrogen-bond donors (Lipinski definition) is 1. The summed E-state index contributed by atoms with van der Waals surface area (Å²) in [6, 6.07) is -0.518. The summed E-state index contributed by atoms with van der Waals surface area (Å²) < 4.78 is 36.2. The molecule has 2 atom stereocenters. The predicted molar refractivity (Wildman–Crippen MR) is 44.4 cm³/mol. The van der Waals surface area contributed by atoms with Crippen LogP contribution in [0.3, 0.4) is 0 Å². The zero-order valence-electron chi connectivity index (χ0n) is 7.84. The van der Waals surface area contributed by atoms with Gasteiger partial charge in [-0.2, -0.15) is 13.2 Å². The maximum absolute atomic E-state index is 12.1. The predicted octanol–water partition coefficient (Wildman–Crippen LogP) is 0.887. The molecule has 2 N–H and O–H groups in total. The van der Waals surface area contributed by atoms with Gasteiger partial charge in [0.05, 0.1) is 0 Å². The molecule has 1 heterocycles. The van der Waals surface area contributed by atoms with E-state index in [2.05, 4.69) is 0 Å². The lowest BCUT2D eigenvalue weighted by atomic mass is 9.99. The lowest BCUT2D eigenvalue weighted by Gasteiger charge is -2.36. The number of halogens is 3. The van der Waals surface area contributed by atoms with E-state index >= 15 is 0 Å². The summed E-state index contributed by atoms with van der Waals surface area (Å²) >= 11 is 0. The van der Waals surface area contributed by atoms with Crippen LogP contribution in [0.5, 0.6) is 0 Å². The number of likely N-dealkylation sites (tertiary alicyclic amines) is 1. The van der Waals surface area contributed by atoms with Crippen LogP contribution in [-0.2, 0) is 4.79 Å². The zero-order chi connectivity index (χ0) is 10.9. The van der Waals surface area contributed by atoms with E-state index in [0.29, 0.717) is 12.8 Å². The minimum absolute atomic E-state index is 0.0951. The molecule has 1 amide bonds. The van der Waals surface area contributed by atoms with E-state index in [0.717, 1.165) is 4.90 Å². The summed E-state index contributed by atoms with van der Waals surface area (Å²) in [7, 11) is 0. The first-order valence-corrected chi connectivity index (χ1v) is 4.45. The van der Waals surface area contributed by atoms with Gasteiger partial charge in [0, 0.05) is 18.6 Å². The average Bonchev–Trinajstić information content (AvgIpc) is 2.01. The van der Waals surface area contributed by atoms with Crippen LogP contribution in [0, 0.1) is 0 Å². The molecule has 0 bridgehead atoms. The molecule has 0 aromatic heterocycles. The minimum atomic E-state index is -4.77. The highest BCUT2D eigenvalue weighted by Crippen LogP contribution is 2.24. The van der Waals surface area contributed by atoms with Crippen molar-refractivity contribution in [2.24, 2.45) is 5.73 Å². The normalized spacial score (nSPS) is 29.1. The van der Waals surface area contributed by atoms with Gasteiger partial charge in [0.15, 0.2) is 0 Å². The third-order valence-corrected chi connectivity index (χ3v) is 2.42. The molecule has 6 heteroatoms. The molecule has 1 fully saturated rings. The largest absolute Gasteiger partial charge is 0.471 e. The van der Waals surface area contributed by atoms with Gasteiger partial charge in [-0.1, -0.05) is 0 Å². The highest BCUT2D eigenvalue weighted by Gasteiger charge is 2.44. The number of amides is 1. The smallest absolute Gasteiger partial charge is 0.332 e. The van der Waals surface area contributed by atoms with Gasteiger partial charge in [-0.05, 0) is 19.8 Å². The molecule has 2 unspecified atom stereocenters. The van der Waals surface area contributed by atoms with Crippen molar-refractivity contribution >= 4 is 5.91 Å². The van der Waals surface area contributed by atoms with Gasteiger partial charge in [-0.25, -0.2) is 0 Å². The van der Waals surface area contributed by atoms with Crippen LogP contribution < -0.4 is 5.73 Å². The SMILES string of the molecule is CC1CC(N)CCN1C(=O)C(F)(F)F. The van der Waals surface area contributed by atoms with Gasteiger partial charge < -0.3 is 10.6 Å². The van der Waals surface area contributed by atoms with Crippen LogP contribution in [0.4, 0.5) is 13.2 Å². The fourth-order valence-electron chi connectivity index (χ4n) is 1.67. The van der Waals surface area contributed by atoms with Crippen molar-refractivity contribution < 1.29 is 18.0 Å². The molecule has 3 nitrogen and oxygen atoms in total. The molecule has 0 saturated carbocycles. The van der Waals surface area contributed by atoms with Crippen molar-refractivity contribution in [3.8, 4) is 0 Å².